The van der Waals surface area contributed by atoms with Crippen LogP contribution in [0.4, 0.5) is 0 Å². The molecule has 1 rings (SSSR count). The number of benzene rings is 1. The van der Waals surface area contributed by atoms with Crippen LogP contribution in [0.5, 0.6) is 11.5 Å². The van der Waals surface area contributed by atoms with Crippen molar-refractivity contribution in [3.05, 3.63) is 29.8 Å². The molecule has 0 aliphatic heterocycles. The predicted octanol–water partition coefficient (Wildman–Crippen LogP) is 2.33. The first-order valence-corrected chi connectivity index (χ1v) is 5.40. The second-order valence-electron chi connectivity index (χ2n) is 3.36. The van der Waals surface area contributed by atoms with E-state index in [2.05, 4.69) is 5.32 Å². The molecule has 0 bridgehead atoms. The number of nitrogens with one attached hydrogen (secondary N) is 1. The molecule has 0 aliphatic rings. The average molecular weight is 221 g/mol. The second-order valence-corrected chi connectivity index (χ2v) is 3.36. The normalized spacial score (nSPS) is 10.7. The zero-order valence-corrected chi connectivity index (χ0v) is 10.1. The lowest BCUT2D eigenvalue weighted by molar-refractivity contribution is 0.295. The van der Waals surface area contributed by atoms with E-state index in [4.69, 9.17) is 9.47 Å². The first-order chi connectivity index (χ1) is 7.81. The Bertz CT molecular complexity index is 348. The standard InChI is InChI=1S/C13H19NO2/c1-4-5-11-6-7-12(13(10-11)15-3)16-9-8-14-2/h4-7,10,14H,8-9H2,1-3H3/b5-4+. The van der Waals surface area contributed by atoms with E-state index in [-0.39, 0.29) is 0 Å². The van der Waals surface area contributed by atoms with Crippen molar-refractivity contribution in [2.24, 2.45) is 0 Å². The maximum Gasteiger partial charge on any atom is 0.161 e. The summed E-state index contributed by atoms with van der Waals surface area (Å²) in [4.78, 5) is 0. The van der Waals surface area contributed by atoms with Gasteiger partial charge in [-0.3, -0.25) is 0 Å². The first kappa shape index (κ1) is 12.6. The zero-order valence-electron chi connectivity index (χ0n) is 10.1. The van der Waals surface area contributed by atoms with E-state index in [9.17, 15) is 0 Å². The fraction of sp³-hybridized carbons (Fsp3) is 0.385. The van der Waals surface area contributed by atoms with Gasteiger partial charge in [-0.1, -0.05) is 18.2 Å². The molecule has 0 spiro atoms. The second kappa shape index (κ2) is 6.90. The quantitative estimate of drug-likeness (QED) is 0.748. The predicted molar refractivity (Wildman–Crippen MR) is 67.1 cm³/mol. The van der Waals surface area contributed by atoms with Gasteiger partial charge in [0.1, 0.15) is 6.61 Å². The topological polar surface area (TPSA) is 30.5 Å². The highest BCUT2D eigenvalue weighted by Gasteiger charge is 2.03. The molecule has 16 heavy (non-hydrogen) atoms. The van der Waals surface area contributed by atoms with Crippen molar-refractivity contribution in [1.82, 2.24) is 5.32 Å². The van der Waals surface area contributed by atoms with Crippen LogP contribution in [0.1, 0.15) is 12.5 Å². The molecular weight excluding hydrogens is 202 g/mol. The minimum Gasteiger partial charge on any atom is -0.493 e. The van der Waals surface area contributed by atoms with E-state index >= 15 is 0 Å². The van der Waals surface area contributed by atoms with Crippen LogP contribution in [0.3, 0.4) is 0 Å². The van der Waals surface area contributed by atoms with Gasteiger partial charge < -0.3 is 14.8 Å². The summed E-state index contributed by atoms with van der Waals surface area (Å²) in [6.45, 7) is 3.44. The minimum absolute atomic E-state index is 0.635. The Morgan fingerprint density at radius 2 is 2.12 bits per heavy atom. The van der Waals surface area contributed by atoms with Crippen molar-refractivity contribution < 1.29 is 9.47 Å². The van der Waals surface area contributed by atoms with E-state index < -0.39 is 0 Å². The molecule has 0 saturated carbocycles. The van der Waals surface area contributed by atoms with Gasteiger partial charge in [0.05, 0.1) is 7.11 Å². The summed E-state index contributed by atoms with van der Waals surface area (Å²) in [5.74, 6) is 1.55. The summed E-state index contributed by atoms with van der Waals surface area (Å²) < 4.78 is 10.9. The van der Waals surface area contributed by atoms with Crippen LogP contribution < -0.4 is 14.8 Å². The number of allylic oxidation sites excluding steroid dienone is 1. The summed E-state index contributed by atoms with van der Waals surface area (Å²) >= 11 is 0. The van der Waals surface area contributed by atoms with E-state index in [1.807, 2.05) is 44.3 Å². The number of hydrogen-bond acceptors (Lipinski definition) is 3. The Morgan fingerprint density at radius 3 is 2.75 bits per heavy atom. The summed E-state index contributed by atoms with van der Waals surface area (Å²) in [5, 5.41) is 3.03. The van der Waals surface area contributed by atoms with Crippen molar-refractivity contribution in [2.75, 3.05) is 27.3 Å². The average Bonchev–Trinajstić information content (AvgIpc) is 2.31. The Balaban J connectivity index is 2.76. The number of ether oxygens (including phenoxy) is 2. The molecule has 1 N–H and O–H groups in total. The maximum atomic E-state index is 5.59. The molecule has 0 aliphatic carbocycles. The summed E-state index contributed by atoms with van der Waals surface area (Å²) in [6, 6.07) is 5.91. The highest BCUT2D eigenvalue weighted by molar-refractivity contribution is 5.55. The summed E-state index contributed by atoms with van der Waals surface area (Å²) in [6.07, 6.45) is 4.02. The lowest BCUT2D eigenvalue weighted by Gasteiger charge is -2.11. The third kappa shape index (κ3) is 3.59. The van der Waals surface area contributed by atoms with Gasteiger partial charge in [0.15, 0.2) is 11.5 Å². The fourth-order valence-corrected chi connectivity index (χ4v) is 1.36. The zero-order chi connectivity index (χ0) is 11.8. The third-order valence-electron chi connectivity index (χ3n) is 2.16. The molecule has 0 saturated heterocycles. The van der Waals surface area contributed by atoms with Gasteiger partial charge in [-0.2, -0.15) is 0 Å². The van der Waals surface area contributed by atoms with E-state index in [1.54, 1.807) is 7.11 Å². The van der Waals surface area contributed by atoms with Crippen molar-refractivity contribution in [3.63, 3.8) is 0 Å². The Morgan fingerprint density at radius 1 is 1.31 bits per heavy atom. The molecule has 0 unspecified atom stereocenters. The Labute approximate surface area is 97.1 Å². The number of hydrogen-bond donors (Lipinski definition) is 1. The van der Waals surface area contributed by atoms with Crippen LogP contribution in [0.25, 0.3) is 6.08 Å². The van der Waals surface area contributed by atoms with Gasteiger partial charge in [0.25, 0.3) is 0 Å². The fourth-order valence-electron chi connectivity index (χ4n) is 1.36. The molecule has 1 aromatic rings. The summed E-state index contributed by atoms with van der Waals surface area (Å²) in [5.41, 5.74) is 1.11. The third-order valence-corrected chi connectivity index (χ3v) is 2.16. The minimum atomic E-state index is 0.635. The largest absolute Gasteiger partial charge is 0.493 e. The van der Waals surface area contributed by atoms with Crippen LogP contribution in [0, 0.1) is 0 Å². The summed E-state index contributed by atoms with van der Waals surface area (Å²) in [7, 11) is 3.55. The van der Waals surface area contributed by atoms with Crippen LogP contribution in [0.15, 0.2) is 24.3 Å². The highest BCUT2D eigenvalue weighted by Crippen LogP contribution is 2.28. The smallest absolute Gasteiger partial charge is 0.161 e. The molecule has 88 valence electrons. The monoisotopic (exact) mass is 221 g/mol. The number of likely N-dealkylation sites (N-methyl/N-ethyl adjacent to an activating group) is 1. The van der Waals surface area contributed by atoms with E-state index in [0.717, 1.165) is 23.6 Å². The van der Waals surface area contributed by atoms with Gasteiger partial charge >= 0.3 is 0 Å². The van der Waals surface area contributed by atoms with Crippen LogP contribution in [0.2, 0.25) is 0 Å². The molecule has 0 amide bonds. The molecule has 0 radical (unpaired) electrons. The van der Waals surface area contributed by atoms with Gasteiger partial charge in [-0.25, -0.2) is 0 Å². The molecule has 0 fully saturated rings. The van der Waals surface area contributed by atoms with Crippen molar-refractivity contribution in [1.29, 1.82) is 0 Å². The van der Waals surface area contributed by atoms with Crippen LogP contribution >= 0.6 is 0 Å². The van der Waals surface area contributed by atoms with Crippen molar-refractivity contribution >= 4 is 6.08 Å². The molecule has 1 aromatic carbocycles. The van der Waals surface area contributed by atoms with Crippen molar-refractivity contribution in [2.45, 2.75) is 6.92 Å². The first-order valence-electron chi connectivity index (χ1n) is 5.40. The van der Waals surface area contributed by atoms with Crippen LogP contribution in [-0.4, -0.2) is 27.3 Å². The van der Waals surface area contributed by atoms with Gasteiger partial charge in [-0.05, 0) is 31.7 Å². The Hall–Kier alpha value is -1.48. The lowest BCUT2D eigenvalue weighted by Crippen LogP contribution is -2.16. The van der Waals surface area contributed by atoms with Crippen LogP contribution in [-0.2, 0) is 0 Å². The van der Waals surface area contributed by atoms with Crippen molar-refractivity contribution in [3.8, 4) is 11.5 Å². The lowest BCUT2D eigenvalue weighted by atomic mass is 10.2. The molecule has 0 aromatic heterocycles. The van der Waals surface area contributed by atoms with Gasteiger partial charge in [0.2, 0.25) is 0 Å². The number of rotatable bonds is 6. The molecular formula is C13H19NO2. The van der Waals surface area contributed by atoms with E-state index in [0.29, 0.717) is 6.61 Å². The SMILES string of the molecule is C/C=C/c1ccc(OCCNC)c(OC)c1. The van der Waals surface area contributed by atoms with E-state index in [1.165, 1.54) is 0 Å². The molecule has 3 nitrogen and oxygen atoms in total. The van der Waals surface area contributed by atoms with Gasteiger partial charge in [-0.15, -0.1) is 0 Å². The molecule has 3 heteroatoms. The molecule has 0 heterocycles. The Kier molecular flexibility index (Phi) is 5.43. The van der Waals surface area contributed by atoms with Gasteiger partial charge in [0, 0.05) is 6.54 Å². The number of methoxy groups -OCH3 is 1. The highest BCUT2D eigenvalue weighted by atomic mass is 16.5. The maximum absolute atomic E-state index is 5.59. The molecule has 0 atom stereocenters.